The van der Waals surface area contributed by atoms with Gasteiger partial charge in [-0.3, -0.25) is 4.79 Å². The number of rotatable bonds is 8. The van der Waals surface area contributed by atoms with E-state index < -0.39 is 51.2 Å². The van der Waals surface area contributed by atoms with Gasteiger partial charge in [-0.2, -0.15) is 0 Å². The minimum absolute atomic E-state index is 0. The van der Waals surface area contributed by atoms with Crippen molar-refractivity contribution in [2.45, 2.75) is 24.4 Å². The number of aliphatic hydroxyl groups is 5. The molecule has 0 aromatic heterocycles. The van der Waals surface area contributed by atoms with Crippen LogP contribution in [0.1, 0.15) is 0 Å². The molecule has 0 radical (unpaired) electrons. The van der Waals surface area contributed by atoms with Crippen LogP contribution < -0.4 is 47.5 Å². The Labute approximate surface area is 138 Å². The fourth-order valence-corrected chi connectivity index (χ4v) is 1.30. The molecule has 0 amide bonds. The van der Waals surface area contributed by atoms with Crippen molar-refractivity contribution in [2.24, 2.45) is 0 Å². The molecule has 108 valence electrons. The number of phosphoric ester groups is 1. The molecular weight excluding hydrogens is 289 g/mol. The van der Waals surface area contributed by atoms with Crippen molar-refractivity contribution in [3.63, 3.8) is 0 Å². The minimum Gasteiger partial charge on any atom is -0.790 e. The summed E-state index contributed by atoms with van der Waals surface area (Å²) < 4.78 is 13.7. The third kappa shape index (κ3) is 9.66. The molecule has 4 atom stereocenters. The van der Waals surface area contributed by atoms with Gasteiger partial charge in [-0.15, -0.1) is 0 Å². The quantitative estimate of drug-likeness (QED) is 0.212. The number of hydrogen-bond acceptors (Lipinski definition) is 10. The van der Waals surface area contributed by atoms with Crippen LogP contribution in [0.4, 0.5) is 0 Å². The summed E-state index contributed by atoms with van der Waals surface area (Å²) in [6.45, 7) is -2.25. The zero-order chi connectivity index (χ0) is 14.5. The van der Waals surface area contributed by atoms with E-state index in [1.807, 2.05) is 0 Å². The van der Waals surface area contributed by atoms with Crippen LogP contribution in [-0.4, -0.2) is 68.9 Å². The number of hydrogen-bond donors (Lipinski definition) is 5. The Morgan fingerprint density at radius 2 is 1.55 bits per heavy atom. The van der Waals surface area contributed by atoms with Crippen LogP contribution in [0.2, 0.25) is 0 Å². The van der Waals surface area contributed by atoms with E-state index in [-0.39, 0.29) is 37.7 Å². The third-order valence-electron chi connectivity index (χ3n) is 1.96. The standard InChI is InChI=1S/C7H15O10P.2Li/c8-1-3(9)5(11)7(13)6(12)4(10)2-17-18(14,15)16;;/h4-8,10-13H,1-2H2,(H2,14,15,16);;/q;2*+1/p-2/t4-,5-,6-,7+;;/m1../s1. The predicted molar refractivity (Wildman–Crippen MR) is 49.7 cm³/mol. The first-order chi connectivity index (χ1) is 8.10. The van der Waals surface area contributed by atoms with E-state index in [4.69, 9.17) is 15.3 Å². The van der Waals surface area contributed by atoms with Crippen LogP contribution in [-0.2, 0) is 13.9 Å². The van der Waals surface area contributed by atoms with Crippen LogP contribution in [0.15, 0.2) is 0 Å². The van der Waals surface area contributed by atoms with Crippen molar-refractivity contribution in [2.75, 3.05) is 13.2 Å². The molecule has 0 heterocycles. The maximum atomic E-state index is 10.8. The number of carbonyl (C=O) groups is 1. The van der Waals surface area contributed by atoms with E-state index in [9.17, 15) is 29.4 Å². The summed E-state index contributed by atoms with van der Waals surface area (Å²) in [7, 11) is -5.36. The van der Waals surface area contributed by atoms with E-state index in [0.717, 1.165) is 0 Å². The fourth-order valence-electron chi connectivity index (χ4n) is 0.965. The van der Waals surface area contributed by atoms with Gasteiger partial charge in [0.1, 0.15) is 31.0 Å². The van der Waals surface area contributed by atoms with Crippen LogP contribution in [0.3, 0.4) is 0 Å². The average molecular weight is 302 g/mol. The first-order valence-electron chi connectivity index (χ1n) is 4.62. The van der Waals surface area contributed by atoms with Crippen LogP contribution in [0.25, 0.3) is 0 Å². The number of carbonyl (C=O) groups excluding carboxylic acids is 1. The summed E-state index contributed by atoms with van der Waals surface area (Å²) in [4.78, 5) is 30.9. The Morgan fingerprint density at radius 3 is 1.90 bits per heavy atom. The zero-order valence-electron chi connectivity index (χ0n) is 10.9. The van der Waals surface area contributed by atoms with E-state index in [2.05, 4.69) is 4.52 Å². The topological polar surface area (TPSA) is 191 Å². The number of phosphoric acid groups is 1. The van der Waals surface area contributed by atoms with E-state index >= 15 is 0 Å². The molecule has 0 aromatic rings. The van der Waals surface area contributed by atoms with E-state index in [1.165, 1.54) is 0 Å². The summed E-state index contributed by atoms with van der Waals surface area (Å²) in [5.41, 5.74) is 0. The minimum atomic E-state index is -5.36. The van der Waals surface area contributed by atoms with Gasteiger partial charge in [0.25, 0.3) is 0 Å². The van der Waals surface area contributed by atoms with Gasteiger partial charge < -0.3 is 44.4 Å². The molecule has 0 spiro atoms. The molecule has 10 nitrogen and oxygen atoms in total. The summed E-state index contributed by atoms with van der Waals surface area (Å²) in [5, 5.41) is 45.0. The van der Waals surface area contributed by atoms with Crippen LogP contribution in [0.5, 0.6) is 0 Å². The SMILES string of the molecule is O=C(CO)[C@@H](O)[C@H](O)[C@H](O)[C@H](O)COP(=O)([O-])[O-].[Li+].[Li+]. The Hall–Kier alpha value is 0.775. The van der Waals surface area contributed by atoms with E-state index in [0.29, 0.717) is 0 Å². The predicted octanol–water partition coefficient (Wildman–Crippen LogP) is -11.2. The maximum Gasteiger partial charge on any atom is 1.00 e. The van der Waals surface area contributed by atoms with Crippen molar-refractivity contribution in [3.05, 3.63) is 0 Å². The molecule has 0 aliphatic heterocycles. The Bertz CT molecular complexity index is 323. The number of ketones is 1. The van der Waals surface area contributed by atoms with Gasteiger partial charge in [0.2, 0.25) is 0 Å². The fraction of sp³-hybridized carbons (Fsp3) is 0.857. The largest absolute Gasteiger partial charge is 1.00 e. The molecule has 0 fully saturated rings. The number of Topliss-reactive ketones (excluding diaryl/α,β-unsaturated/α-hetero) is 1. The zero-order valence-corrected chi connectivity index (χ0v) is 11.8. The summed E-state index contributed by atoms with van der Waals surface area (Å²) in [6, 6.07) is 0. The van der Waals surface area contributed by atoms with Gasteiger partial charge in [0.05, 0.1) is 14.4 Å². The molecule has 0 unspecified atom stereocenters. The monoisotopic (exact) mass is 302 g/mol. The molecule has 0 aliphatic carbocycles. The molecule has 0 bridgehead atoms. The Morgan fingerprint density at radius 1 is 1.10 bits per heavy atom. The van der Waals surface area contributed by atoms with Gasteiger partial charge in [0, 0.05) is 0 Å². The molecular formula is C7H13Li2O10P. The van der Waals surface area contributed by atoms with Crippen molar-refractivity contribution in [1.29, 1.82) is 0 Å². The van der Waals surface area contributed by atoms with Crippen molar-refractivity contribution in [1.82, 2.24) is 0 Å². The smallest absolute Gasteiger partial charge is 0.790 e. The molecule has 0 aromatic carbocycles. The third-order valence-corrected chi connectivity index (χ3v) is 2.42. The second kappa shape index (κ2) is 11.4. The van der Waals surface area contributed by atoms with Crippen molar-refractivity contribution >= 4 is 13.6 Å². The molecule has 0 saturated heterocycles. The Balaban J connectivity index is -0.00000144. The van der Waals surface area contributed by atoms with Crippen LogP contribution in [0, 0.1) is 0 Å². The van der Waals surface area contributed by atoms with Gasteiger partial charge >= 0.3 is 37.7 Å². The molecule has 20 heavy (non-hydrogen) atoms. The summed E-state index contributed by atoms with van der Waals surface area (Å²) >= 11 is 0. The van der Waals surface area contributed by atoms with Gasteiger partial charge in [0.15, 0.2) is 5.78 Å². The molecule has 0 rings (SSSR count). The second-order valence-corrected chi connectivity index (χ2v) is 4.51. The van der Waals surface area contributed by atoms with E-state index in [1.54, 1.807) is 0 Å². The molecule has 5 N–H and O–H groups in total. The van der Waals surface area contributed by atoms with Crippen molar-refractivity contribution < 1.29 is 86.9 Å². The molecule has 0 saturated carbocycles. The van der Waals surface area contributed by atoms with Gasteiger partial charge in [-0.1, -0.05) is 0 Å². The normalized spacial score (nSPS) is 17.1. The number of aliphatic hydroxyl groups excluding tert-OH is 5. The van der Waals surface area contributed by atoms with Gasteiger partial charge in [-0.25, -0.2) is 0 Å². The first kappa shape index (κ1) is 25.7. The molecule has 13 heteroatoms. The summed E-state index contributed by atoms with van der Waals surface area (Å²) in [5.74, 6) is -1.21. The molecule has 0 aliphatic rings. The van der Waals surface area contributed by atoms with Gasteiger partial charge in [-0.05, 0) is 0 Å². The van der Waals surface area contributed by atoms with Crippen LogP contribution >= 0.6 is 7.82 Å². The average Bonchev–Trinajstić information content (AvgIpc) is 2.31. The Kier molecular flexibility index (Phi) is 14.6. The maximum absolute atomic E-state index is 10.8. The summed E-state index contributed by atoms with van der Waals surface area (Å²) in [6.07, 6.45) is -8.54. The first-order valence-corrected chi connectivity index (χ1v) is 6.08. The second-order valence-electron chi connectivity index (χ2n) is 3.36. The van der Waals surface area contributed by atoms with Crippen molar-refractivity contribution in [3.8, 4) is 0 Å².